The van der Waals surface area contributed by atoms with Gasteiger partial charge in [-0.25, -0.2) is 9.48 Å². The Morgan fingerprint density at radius 3 is 2.84 bits per heavy atom. The van der Waals surface area contributed by atoms with Crippen LogP contribution in [0.15, 0.2) is 22.7 Å². The quantitative estimate of drug-likeness (QED) is 0.939. The van der Waals surface area contributed by atoms with Gasteiger partial charge in [0.05, 0.1) is 11.4 Å². The molecule has 0 amide bonds. The summed E-state index contributed by atoms with van der Waals surface area (Å²) in [5.41, 5.74) is 2.53. The highest BCUT2D eigenvalue weighted by atomic mass is 79.9. The van der Waals surface area contributed by atoms with Gasteiger partial charge in [0.25, 0.3) is 0 Å². The molecule has 0 spiro atoms. The van der Waals surface area contributed by atoms with Crippen molar-refractivity contribution in [3.8, 4) is 5.69 Å². The fraction of sp³-hybridized carbons (Fsp3) is 0.308. The largest absolute Gasteiger partial charge is 0.476 e. The first-order chi connectivity index (χ1) is 9.04. The van der Waals surface area contributed by atoms with E-state index in [1.807, 2.05) is 32.0 Å². The van der Waals surface area contributed by atoms with Crippen molar-refractivity contribution in [2.75, 3.05) is 0 Å². The van der Waals surface area contributed by atoms with Gasteiger partial charge in [-0.2, -0.15) is 0 Å². The Balaban J connectivity index is 2.61. The van der Waals surface area contributed by atoms with E-state index in [1.165, 1.54) is 0 Å². The Kier molecular flexibility index (Phi) is 3.99. The Morgan fingerprint density at radius 1 is 1.47 bits per heavy atom. The monoisotopic (exact) mass is 323 g/mol. The summed E-state index contributed by atoms with van der Waals surface area (Å²) in [6, 6.07) is 5.80. The van der Waals surface area contributed by atoms with Gasteiger partial charge in [-0.3, -0.25) is 0 Å². The Hall–Kier alpha value is -1.69. The molecule has 0 radical (unpaired) electrons. The normalized spacial score (nSPS) is 10.7. The molecule has 1 aromatic carbocycles. The van der Waals surface area contributed by atoms with Crippen molar-refractivity contribution in [2.24, 2.45) is 0 Å². The number of hydrogen-bond acceptors (Lipinski definition) is 3. The molecule has 6 heteroatoms. The number of hydrogen-bond donors (Lipinski definition) is 1. The van der Waals surface area contributed by atoms with Crippen LogP contribution >= 0.6 is 15.9 Å². The Morgan fingerprint density at radius 2 is 2.21 bits per heavy atom. The zero-order valence-corrected chi connectivity index (χ0v) is 12.3. The molecule has 0 unspecified atom stereocenters. The van der Waals surface area contributed by atoms with Crippen molar-refractivity contribution in [1.29, 1.82) is 0 Å². The average Bonchev–Trinajstić information content (AvgIpc) is 2.76. The number of rotatable bonds is 4. The number of aromatic nitrogens is 3. The number of aromatic carboxylic acids is 1. The van der Waals surface area contributed by atoms with Crippen molar-refractivity contribution in [1.82, 2.24) is 15.0 Å². The summed E-state index contributed by atoms with van der Waals surface area (Å²) in [6.45, 7) is 3.95. The van der Waals surface area contributed by atoms with E-state index >= 15 is 0 Å². The molecule has 0 aliphatic heterocycles. The second kappa shape index (κ2) is 5.52. The molecule has 0 bridgehead atoms. The van der Waals surface area contributed by atoms with Gasteiger partial charge in [-0.15, -0.1) is 5.10 Å². The fourth-order valence-corrected chi connectivity index (χ4v) is 2.28. The predicted octanol–water partition coefficient (Wildman–Crippen LogP) is 2.99. The molecule has 0 saturated heterocycles. The van der Waals surface area contributed by atoms with E-state index in [9.17, 15) is 4.79 Å². The van der Waals surface area contributed by atoms with Gasteiger partial charge in [0, 0.05) is 4.47 Å². The summed E-state index contributed by atoms with van der Waals surface area (Å²) in [5.74, 6) is -1.04. The summed E-state index contributed by atoms with van der Waals surface area (Å²) in [7, 11) is 0. The number of benzene rings is 1. The van der Waals surface area contributed by atoms with E-state index in [0.717, 1.165) is 22.1 Å². The van der Waals surface area contributed by atoms with Gasteiger partial charge in [-0.1, -0.05) is 40.6 Å². The van der Waals surface area contributed by atoms with Crippen LogP contribution in [0.25, 0.3) is 5.69 Å². The molecule has 0 atom stereocenters. The predicted molar refractivity (Wildman–Crippen MR) is 74.8 cm³/mol. The maximum absolute atomic E-state index is 11.2. The van der Waals surface area contributed by atoms with Gasteiger partial charge in [-0.05, 0) is 31.0 Å². The molecule has 1 heterocycles. The number of carboxylic acid groups (broad SMARTS) is 1. The molecule has 100 valence electrons. The zero-order chi connectivity index (χ0) is 14.0. The summed E-state index contributed by atoms with van der Waals surface area (Å²) in [4.78, 5) is 11.2. The maximum Gasteiger partial charge on any atom is 0.358 e. The molecule has 0 aliphatic rings. The average molecular weight is 324 g/mol. The summed E-state index contributed by atoms with van der Waals surface area (Å²) in [6.07, 6.45) is 1.46. The second-order valence-corrected chi connectivity index (χ2v) is 5.20. The van der Waals surface area contributed by atoms with Crippen molar-refractivity contribution >= 4 is 21.9 Å². The maximum atomic E-state index is 11.2. The molecule has 1 aromatic heterocycles. The summed E-state index contributed by atoms with van der Waals surface area (Å²) in [5, 5.41) is 16.9. The molecular weight excluding hydrogens is 310 g/mol. The molecule has 19 heavy (non-hydrogen) atoms. The van der Waals surface area contributed by atoms with Crippen LogP contribution in [0.2, 0.25) is 0 Å². The highest BCUT2D eigenvalue weighted by Crippen LogP contribution is 2.22. The third-order valence-electron chi connectivity index (χ3n) is 2.85. The topological polar surface area (TPSA) is 68.0 Å². The first-order valence-electron chi connectivity index (χ1n) is 5.99. The van der Waals surface area contributed by atoms with E-state index in [0.29, 0.717) is 12.1 Å². The van der Waals surface area contributed by atoms with Gasteiger partial charge >= 0.3 is 5.97 Å². The molecule has 5 nitrogen and oxygen atoms in total. The summed E-state index contributed by atoms with van der Waals surface area (Å²) >= 11 is 3.42. The van der Waals surface area contributed by atoms with Crippen LogP contribution in [0.5, 0.6) is 0 Å². The van der Waals surface area contributed by atoms with Crippen LogP contribution in [0.3, 0.4) is 0 Å². The number of carboxylic acids is 1. The highest BCUT2D eigenvalue weighted by molar-refractivity contribution is 9.10. The van der Waals surface area contributed by atoms with Gasteiger partial charge in [0.1, 0.15) is 0 Å². The van der Waals surface area contributed by atoms with Crippen molar-refractivity contribution < 1.29 is 9.90 Å². The lowest BCUT2D eigenvalue weighted by atomic mass is 10.1. The SMILES string of the molecule is CCCc1c(C(=O)O)nnn1-c1cc(Br)ccc1C. The molecule has 0 saturated carbocycles. The Bertz CT molecular complexity index is 622. The minimum Gasteiger partial charge on any atom is -0.476 e. The lowest BCUT2D eigenvalue weighted by molar-refractivity contribution is 0.0689. The van der Waals surface area contributed by atoms with Crippen LogP contribution < -0.4 is 0 Å². The smallest absolute Gasteiger partial charge is 0.358 e. The number of halogens is 1. The van der Waals surface area contributed by atoms with Gasteiger partial charge < -0.3 is 5.11 Å². The molecule has 0 fully saturated rings. The third kappa shape index (κ3) is 2.68. The first kappa shape index (κ1) is 13.7. The van der Waals surface area contributed by atoms with E-state index in [4.69, 9.17) is 5.11 Å². The number of carbonyl (C=O) groups is 1. The zero-order valence-electron chi connectivity index (χ0n) is 10.7. The minimum atomic E-state index is -1.04. The Labute approximate surface area is 119 Å². The molecule has 1 N–H and O–H groups in total. The van der Waals surface area contributed by atoms with Crippen molar-refractivity contribution in [3.63, 3.8) is 0 Å². The standard InChI is InChI=1S/C13H14BrN3O2/c1-3-4-10-12(13(18)19)15-16-17(10)11-7-9(14)6-5-8(11)2/h5-7H,3-4H2,1-2H3,(H,18,19). The van der Waals surface area contributed by atoms with Crippen LogP contribution in [0, 0.1) is 6.92 Å². The van der Waals surface area contributed by atoms with Crippen molar-refractivity contribution in [2.45, 2.75) is 26.7 Å². The van der Waals surface area contributed by atoms with E-state index < -0.39 is 5.97 Å². The van der Waals surface area contributed by atoms with Crippen LogP contribution in [0.4, 0.5) is 0 Å². The van der Waals surface area contributed by atoms with E-state index in [2.05, 4.69) is 26.2 Å². The second-order valence-electron chi connectivity index (χ2n) is 4.28. The lowest BCUT2D eigenvalue weighted by Gasteiger charge is -2.09. The fourth-order valence-electron chi connectivity index (χ4n) is 1.93. The molecular formula is C13H14BrN3O2. The van der Waals surface area contributed by atoms with E-state index in [1.54, 1.807) is 4.68 Å². The molecule has 2 aromatic rings. The van der Waals surface area contributed by atoms with Crippen LogP contribution in [0.1, 0.15) is 35.1 Å². The molecule has 2 rings (SSSR count). The number of aryl methyl sites for hydroxylation is 1. The van der Waals surface area contributed by atoms with Crippen LogP contribution in [-0.4, -0.2) is 26.1 Å². The van der Waals surface area contributed by atoms with Crippen molar-refractivity contribution in [3.05, 3.63) is 39.6 Å². The van der Waals surface area contributed by atoms with E-state index in [-0.39, 0.29) is 5.69 Å². The lowest BCUT2D eigenvalue weighted by Crippen LogP contribution is -2.07. The van der Waals surface area contributed by atoms with Crippen LogP contribution in [-0.2, 0) is 6.42 Å². The summed E-state index contributed by atoms with van der Waals surface area (Å²) < 4.78 is 2.54. The third-order valence-corrected chi connectivity index (χ3v) is 3.35. The molecule has 0 aliphatic carbocycles. The minimum absolute atomic E-state index is 0.0289. The van der Waals surface area contributed by atoms with Gasteiger partial charge in [0.2, 0.25) is 0 Å². The first-order valence-corrected chi connectivity index (χ1v) is 6.78. The van der Waals surface area contributed by atoms with Gasteiger partial charge in [0.15, 0.2) is 5.69 Å². The number of nitrogens with zero attached hydrogens (tertiary/aromatic N) is 3. The highest BCUT2D eigenvalue weighted by Gasteiger charge is 2.19.